The quantitative estimate of drug-likeness (QED) is 0.689. The molecular weight excluding hydrogens is 178 g/mol. The molecule has 1 amide bonds. The first kappa shape index (κ1) is 10.4. The summed E-state index contributed by atoms with van der Waals surface area (Å²) in [6.07, 6.45) is 0.496. The molecule has 0 radical (unpaired) electrons. The molecule has 0 aliphatic heterocycles. The number of nitrogens with two attached hydrogens (primary N) is 1. The van der Waals surface area contributed by atoms with Crippen LogP contribution in [-0.4, -0.2) is 24.4 Å². The van der Waals surface area contributed by atoms with Gasteiger partial charge in [0.25, 0.3) is 6.43 Å². The highest BCUT2D eigenvalue weighted by Gasteiger charge is 2.36. The predicted octanol–water partition coefficient (Wildman–Crippen LogP) is 0.639. The molecule has 0 unspecified atom stereocenters. The summed E-state index contributed by atoms with van der Waals surface area (Å²) >= 11 is 0. The van der Waals surface area contributed by atoms with E-state index in [0.717, 1.165) is 12.8 Å². The van der Waals surface area contributed by atoms with Gasteiger partial charge in [0.15, 0.2) is 0 Å². The molecule has 1 aliphatic carbocycles. The van der Waals surface area contributed by atoms with Crippen molar-refractivity contribution in [2.75, 3.05) is 6.54 Å². The second kappa shape index (κ2) is 4.00. The number of rotatable bonds is 3. The standard InChI is InChI=1S/C8H14F2N2O/c9-6(10)5-12-7(13)8(11)3-1-2-4-8/h6H,1-5,11H2,(H,12,13). The highest BCUT2D eigenvalue weighted by molar-refractivity contribution is 5.86. The Morgan fingerprint density at radius 2 is 2.00 bits per heavy atom. The van der Waals surface area contributed by atoms with Crippen molar-refractivity contribution >= 4 is 5.91 Å². The Morgan fingerprint density at radius 1 is 1.46 bits per heavy atom. The Balaban J connectivity index is 2.38. The first-order chi connectivity index (χ1) is 6.04. The lowest BCUT2D eigenvalue weighted by molar-refractivity contribution is -0.126. The minimum Gasteiger partial charge on any atom is -0.349 e. The van der Waals surface area contributed by atoms with Crippen molar-refractivity contribution in [2.24, 2.45) is 5.73 Å². The van der Waals surface area contributed by atoms with Crippen molar-refractivity contribution in [3.05, 3.63) is 0 Å². The molecule has 0 aromatic rings. The fraction of sp³-hybridized carbons (Fsp3) is 0.875. The topological polar surface area (TPSA) is 55.1 Å². The number of alkyl halides is 2. The van der Waals surface area contributed by atoms with Crippen LogP contribution >= 0.6 is 0 Å². The molecule has 1 saturated carbocycles. The summed E-state index contributed by atoms with van der Waals surface area (Å²) < 4.78 is 23.5. The highest BCUT2D eigenvalue weighted by Crippen LogP contribution is 2.27. The lowest BCUT2D eigenvalue weighted by atomic mass is 9.98. The van der Waals surface area contributed by atoms with E-state index in [2.05, 4.69) is 5.32 Å². The van der Waals surface area contributed by atoms with E-state index < -0.39 is 24.4 Å². The molecule has 0 spiro atoms. The third-order valence-electron chi connectivity index (χ3n) is 2.36. The zero-order valence-corrected chi connectivity index (χ0v) is 7.35. The molecule has 0 saturated heterocycles. The fourth-order valence-electron chi connectivity index (χ4n) is 1.58. The largest absolute Gasteiger partial charge is 0.349 e. The zero-order valence-electron chi connectivity index (χ0n) is 7.35. The number of carbonyl (C=O) groups is 1. The van der Waals surface area contributed by atoms with Crippen LogP contribution < -0.4 is 11.1 Å². The normalized spacial score (nSPS) is 20.6. The molecular formula is C8H14F2N2O. The Hall–Kier alpha value is -0.710. The number of amides is 1. The van der Waals surface area contributed by atoms with E-state index in [1.54, 1.807) is 0 Å². The van der Waals surface area contributed by atoms with Crippen LogP contribution in [0.1, 0.15) is 25.7 Å². The van der Waals surface area contributed by atoms with Gasteiger partial charge in [0.1, 0.15) is 0 Å². The summed E-state index contributed by atoms with van der Waals surface area (Å²) in [7, 11) is 0. The van der Waals surface area contributed by atoms with Crippen LogP contribution in [0.2, 0.25) is 0 Å². The second-order valence-electron chi connectivity index (χ2n) is 3.46. The average molecular weight is 192 g/mol. The number of carbonyl (C=O) groups excluding carboxylic acids is 1. The van der Waals surface area contributed by atoms with Crippen LogP contribution in [-0.2, 0) is 4.79 Å². The Labute approximate surface area is 75.7 Å². The van der Waals surface area contributed by atoms with E-state index in [1.165, 1.54) is 0 Å². The Bertz CT molecular complexity index is 191. The second-order valence-corrected chi connectivity index (χ2v) is 3.46. The zero-order chi connectivity index (χ0) is 9.90. The summed E-state index contributed by atoms with van der Waals surface area (Å²) in [4.78, 5) is 11.3. The van der Waals surface area contributed by atoms with E-state index in [1.807, 2.05) is 0 Å². The van der Waals surface area contributed by atoms with E-state index >= 15 is 0 Å². The van der Waals surface area contributed by atoms with Gasteiger partial charge in [-0.2, -0.15) is 0 Å². The molecule has 1 aliphatic rings. The smallest absolute Gasteiger partial charge is 0.255 e. The Kier molecular flexibility index (Phi) is 3.19. The molecule has 3 nitrogen and oxygen atoms in total. The molecule has 0 aromatic heterocycles. The first-order valence-corrected chi connectivity index (χ1v) is 4.40. The monoisotopic (exact) mass is 192 g/mol. The number of halogens is 2. The van der Waals surface area contributed by atoms with Crippen molar-refractivity contribution in [1.82, 2.24) is 5.32 Å². The number of hydrogen-bond donors (Lipinski definition) is 2. The maximum absolute atomic E-state index is 11.8. The first-order valence-electron chi connectivity index (χ1n) is 4.40. The SMILES string of the molecule is NC1(C(=O)NCC(F)F)CCCC1. The van der Waals surface area contributed by atoms with Gasteiger partial charge in [-0.25, -0.2) is 8.78 Å². The van der Waals surface area contributed by atoms with Crippen molar-refractivity contribution in [3.8, 4) is 0 Å². The van der Waals surface area contributed by atoms with Crippen LogP contribution in [0.5, 0.6) is 0 Å². The van der Waals surface area contributed by atoms with Crippen molar-refractivity contribution < 1.29 is 13.6 Å². The minimum absolute atomic E-state index is 0.440. The molecule has 0 heterocycles. The summed E-state index contributed by atoms with van der Waals surface area (Å²) in [5, 5.41) is 2.15. The van der Waals surface area contributed by atoms with Crippen molar-refractivity contribution in [3.63, 3.8) is 0 Å². The van der Waals surface area contributed by atoms with E-state index in [0.29, 0.717) is 12.8 Å². The highest BCUT2D eigenvalue weighted by atomic mass is 19.3. The maximum atomic E-state index is 11.8. The molecule has 0 atom stereocenters. The van der Waals surface area contributed by atoms with Crippen molar-refractivity contribution in [1.29, 1.82) is 0 Å². The number of hydrogen-bond acceptors (Lipinski definition) is 2. The summed E-state index contributed by atoms with van der Waals surface area (Å²) in [5.74, 6) is -0.440. The molecule has 13 heavy (non-hydrogen) atoms. The molecule has 76 valence electrons. The van der Waals surface area contributed by atoms with Gasteiger partial charge in [-0.05, 0) is 12.8 Å². The van der Waals surface area contributed by atoms with E-state index in [9.17, 15) is 13.6 Å². The number of nitrogens with one attached hydrogen (secondary N) is 1. The van der Waals surface area contributed by atoms with Crippen LogP contribution in [0, 0.1) is 0 Å². The van der Waals surface area contributed by atoms with Crippen LogP contribution in [0.15, 0.2) is 0 Å². The van der Waals surface area contributed by atoms with Crippen LogP contribution in [0.25, 0.3) is 0 Å². The van der Waals surface area contributed by atoms with E-state index in [-0.39, 0.29) is 0 Å². The average Bonchev–Trinajstić information content (AvgIpc) is 2.49. The van der Waals surface area contributed by atoms with Gasteiger partial charge in [-0.15, -0.1) is 0 Å². The lowest BCUT2D eigenvalue weighted by Crippen LogP contribution is -2.52. The van der Waals surface area contributed by atoms with Gasteiger partial charge in [0.2, 0.25) is 5.91 Å². The molecule has 0 aromatic carbocycles. The third kappa shape index (κ3) is 2.62. The molecule has 1 rings (SSSR count). The van der Waals surface area contributed by atoms with Crippen molar-refractivity contribution in [2.45, 2.75) is 37.6 Å². The molecule has 0 bridgehead atoms. The maximum Gasteiger partial charge on any atom is 0.255 e. The van der Waals surface area contributed by atoms with Gasteiger partial charge in [0.05, 0.1) is 12.1 Å². The predicted molar refractivity (Wildman–Crippen MR) is 44.4 cm³/mol. The molecule has 5 heteroatoms. The van der Waals surface area contributed by atoms with Crippen LogP contribution in [0.4, 0.5) is 8.78 Å². The fourth-order valence-corrected chi connectivity index (χ4v) is 1.58. The van der Waals surface area contributed by atoms with Gasteiger partial charge >= 0.3 is 0 Å². The lowest BCUT2D eigenvalue weighted by Gasteiger charge is -2.21. The van der Waals surface area contributed by atoms with E-state index in [4.69, 9.17) is 5.73 Å². The Morgan fingerprint density at radius 3 is 2.46 bits per heavy atom. The van der Waals surface area contributed by atoms with Gasteiger partial charge in [-0.3, -0.25) is 4.79 Å². The third-order valence-corrected chi connectivity index (χ3v) is 2.36. The van der Waals surface area contributed by atoms with Gasteiger partial charge in [-0.1, -0.05) is 12.8 Å². The minimum atomic E-state index is -2.51. The summed E-state index contributed by atoms with van der Waals surface area (Å²) in [6, 6.07) is 0. The molecule has 3 N–H and O–H groups in total. The van der Waals surface area contributed by atoms with Gasteiger partial charge < -0.3 is 11.1 Å². The van der Waals surface area contributed by atoms with Gasteiger partial charge in [0, 0.05) is 0 Å². The summed E-state index contributed by atoms with van der Waals surface area (Å²) in [6.45, 7) is -0.599. The molecule has 1 fully saturated rings. The summed E-state index contributed by atoms with van der Waals surface area (Å²) in [5.41, 5.74) is 4.84. The van der Waals surface area contributed by atoms with Crippen LogP contribution in [0.3, 0.4) is 0 Å².